The summed E-state index contributed by atoms with van der Waals surface area (Å²) in [5, 5.41) is 9.60. The van der Waals surface area contributed by atoms with E-state index in [0.717, 1.165) is 29.3 Å². The van der Waals surface area contributed by atoms with Crippen molar-refractivity contribution in [2.45, 2.75) is 12.8 Å². The Kier molecular flexibility index (Phi) is 1.03. The van der Waals surface area contributed by atoms with E-state index in [-0.39, 0.29) is 0 Å². The zero-order valence-electron chi connectivity index (χ0n) is 6.45. The number of hydrogen-bond acceptors (Lipinski definition) is 4. The molecule has 0 amide bonds. The molecule has 4 rings (SSSR count). The summed E-state index contributed by atoms with van der Waals surface area (Å²) in [7, 11) is 0. The Morgan fingerprint density at radius 3 is 3.00 bits per heavy atom. The van der Waals surface area contributed by atoms with Gasteiger partial charge in [0, 0.05) is 6.42 Å². The number of aromatic nitrogens is 3. The Morgan fingerprint density at radius 1 is 1.25 bits per heavy atom. The molecule has 0 unspecified atom stereocenters. The number of ether oxygens (including phenoxy) is 1. The highest BCUT2D eigenvalue weighted by atomic mass is 16.5. The van der Waals surface area contributed by atoms with E-state index in [9.17, 15) is 0 Å². The van der Waals surface area contributed by atoms with Crippen molar-refractivity contribution >= 4 is 11.3 Å². The minimum atomic E-state index is 0.695. The second-order valence-corrected chi connectivity index (χ2v) is 2.97. The van der Waals surface area contributed by atoms with E-state index in [2.05, 4.69) is 15.2 Å². The van der Waals surface area contributed by atoms with Gasteiger partial charge in [0.15, 0.2) is 0 Å². The van der Waals surface area contributed by atoms with Crippen LogP contribution in [0.15, 0.2) is 6.33 Å². The van der Waals surface area contributed by atoms with E-state index >= 15 is 0 Å². The smallest absolute Gasteiger partial charge is 0.149 e. The Hall–Kier alpha value is -1.45. The van der Waals surface area contributed by atoms with Gasteiger partial charge in [0.1, 0.15) is 24.0 Å². The largest absolute Gasteiger partial charge is 0.491 e. The van der Waals surface area contributed by atoms with Crippen molar-refractivity contribution in [3.05, 3.63) is 17.0 Å². The van der Waals surface area contributed by atoms with E-state index in [1.807, 2.05) is 0 Å². The topological polar surface area (TPSA) is 47.9 Å². The van der Waals surface area contributed by atoms with Gasteiger partial charge in [-0.2, -0.15) is 0 Å². The molecular weight excluding hydrogens is 154 g/mol. The summed E-state index contributed by atoms with van der Waals surface area (Å²) in [4.78, 5) is 4.19. The van der Waals surface area contributed by atoms with Gasteiger partial charge in [0.05, 0.1) is 5.35 Å². The van der Waals surface area contributed by atoms with Gasteiger partial charge in [-0.3, -0.25) is 0 Å². The van der Waals surface area contributed by atoms with Crippen molar-refractivity contribution in [2.75, 3.05) is 6.61 Å². The molecule has 60 valence electrons. The highest BCUT2D eigenvalue weighted by molar-refractivity contribution is 5.57. The van der Waals surface area contributed by atoms with E-state index in [1.165, 1.54) is 11.9 Å². The maximum atomic E-state index is 5.44. The fraction of sp³-hybridized carbons (Fsp3) is 0.375. The fourth-order valence-corrected chi connectivity index (χ4v) is 1.68. The van der Waals surface area contributed by atoms with Gasteiger partial charge in [-0.05, 0) is 12.0 Å². The maximum Gasteiger partial charge on any atom is 0.149 e. The maximum absolute atomic E-state index is 5.44. The molecule has 1 aliphatic carbocycles. The summed E-state index contributed by atoms with van der Waals surface area (Å²) in [5.41, 5.74) is 1.26. The highest BCUT2D eigenvalue weighted by Gasteiger charge is 2.20. The van der Waals surface area contributed by atoms with Gasteiger partial charge in [0.25, 0.3) is 0 Å². The van der Waals surface area contributed by atoms with Gasteiger partial charge in [-0.1, -0.05) is 0 Å². The van der Waals surface area contributed by atoms with Crippen LogP contribution in [0.4, 0.5) is 0 Å². The monoisotopic (exact) mass is 161 g/mol. The van der Waals surface area contributed by atoms with Crippen LogP contribution in [0, 0.1) is 0 Å². The molecule has 3 heterocycles. The summed E-state index contributed by atoms with van der Waals surface area (Å²) < 4.78 is 5.44. The Morgan fingerprint density at radius 2 is 2.25 bits per heavy atom. The molecule has 0 atom stereocenters. The Labute approximate surface area is 68.6 Å². The molecule has 2 bridgehead atoms. The van der Waals surface area contributed by atoms with Crippen molar-refractivity contribution in [1.82, 2.24) is 15.2 Å². The molecule has 2 aliphatic heterocycles. The van der Waals surface area contributed by atoms with Gasteiger partial charge in [-0.25, -0.2) is 4.98 Å². The molecule has 1 aromatic rings. The lowest BCUT2D eigenvalue weighted by Gasteiger charge is -2.22. The quantitative estimate of drug-likeness (QED) is 0.487. The van der Waals surface area contributed by atoms with Gasteiger partial charge < -0.3 is 4.74 Å². The normalized spacial score (nSPS) is 19.0. The van der Waals surface area contributed by atoms with Crippen LogP contribution < -0.4 is 10.7 Å². The minimum absolute atomic E-state index is 0.695. The molecule has 0 spiro atoms. The number of nitrogens with zero attached hydrogens (tertiary/aromatic N) is 3. The predicted octanol–water partition coefficient (Wildman–Crippen LogP) is -1.05. The van der Waals surface area contributed by atoms with Crippen LogP contribution in [0.5, 0.6) is 0 Å². The van der Waals surface area contributed by atoms with Crippen LogP contribution in [0.1, 0.15) is 12.8 Å². The molecule has 3 aliphatic rings. The number of rotatable bonds is 0. The average Bonchev–Trinajstić information content (AvgIpc) is 2.20. The first kappa shape index (κ1) is 6.11. The standard InChI is InChI=1S/C8H7N3O/c1-2-6-8-7(5(1)3-12-6)9-4-10-11-8/h4H,1-3H2. The van der Waals surface area contributed by atoms with E-state index in [4.69, 9.17) is 4.74 Å². The second-order valence-electron chi connectivity index (χ2n) is 2.97. The summed E-state index contributed by atoms with van der Waals surface area (Å²) >= 11 is 0. The van der Waals surface area contributed by atoms with Crippen molar-refractivity contribution in [2.24, 2.45) is 0 Å². The summed E-state index contributed by atoms with van der Waals surface area (Å²) in [6.07, 6.45) is 3.52. The lowest BCUT2D eigenvalue weighted by atomic mass is 10.0. The van der Waals surface area contributed by atoms with E-state index in [0.29, 0.717) is 6.61 Å². The zero-order valence-corrected chi connectivity index (χ0v) is 6.45. The van der Waals surface area contributed by atoms with Crippen molar-refractivity contribution in [3.63, 3.8) is 0 Å². The summed E-state index contributed by atoms with van der Waals surface area (Å²) in [6, 6.07) is 0. The number of hydrogen-bond donors (Lipinski definition) is 0. The van der Waals surface area contributed by atoms with E-state index < -0.39 is 0 Å². The van der Waals surface area contributed by atoms with Crippen LogP contribution in [-0.2, 0) is 4.74 Å². The lowest BCUT2D eigenvalue weighted by Crippen LogP contribution is -2.43. The molecule has 0 aromatic carbocycles. The van der Waals surface area contributed by atoms with Crippen LogP contribution in [0.2, 0.25) is 0 Å². The average molecular weight is 161 g/mol. The van der Waals surface area contributed by atoms with Gasteiger partial charge in [-0.15, -0.1) is 10.2 Å². The molecule has 0 radical (unpaired) electrons. The SMILES string of the molecule is c1nnc2c(n1)=C1CCC=2OC1. The molecule has 12 heavy (non-hydrogen) atoms. The molecule has 0 saturated carbocycles. The summed E-state index contributed by atoms with van der Waals surface area (Å²) in [5.74, 6) is 0.959. The van der Waals surface area contributed by atoms with Crippen LogP contribution >= 0.6 is 0 Å². The fourth-order valence-electron chi connectivity index (χ4n) is 1.68. The number of fused-ring (bicyclic) bond motifs is 2. The minimum Gasteiger partial charge on any atom is -0.491 e. The Bertz CT molecular complexity index is 397. The third-order valence-electron chi connectivity index (χ3n) is 2.29. The van der Waals surface area contributed by atoms with Crippen LogP contribution in [-0.4, -0.2) is 21.8 Å². The molecule has 1 saturated heterocycles. The highest BCUT2D eigenvalue weighted by Crippen LogP contribution is 2.22. The van der Waals surface area contributed by atoms with Crippen LogP contribution in [0.3, 0.4) is 0 Å². The zero-order chi connectivity index (χ0) is 7.97. The molecule has 0 N–H and O–H groups in total. The van der Waals surface area contributed by atoms with Gasteiger partial charge >= 0.3 is 0 Å². The lowest BCUT2D eigenvalue weighted by molar-refractivity contribution is 0.279. The summed E-state index contributed by atoms with van der Waals surface area (Å²) in [6.45, 7) is 0.695. The first-order valence-corrected chi connectivity index (χ1v) is 3.97. The molecule has 1 fully saturated rings. The molecular formula is C8H7N3O. The van der Waals surface area contributed by atoms with Gasteiger partial charge in [0.2, 0.25) is 0 Å². The Balaban J connectivity index is 2.57. The second kappa shape index (κ2) is 2.03. The first-order chi connectivity index (χ1) is 5.95. The molecule has 4 heteroatoms. The first-order valence-electron chi connectivity index (χ1n) is 3.97. The van der Waals surface area contributed by atoms with Crippen molar-refractivity contribution in [1.29, 1.82) is 0 Å². The van der Waals surface area contributed by atoms with Crippen molar-refractivity contribution < 1.29 is 4.74 Å². The van der Waals surface area contributed by atoms with Crippen LogP contribution in [0.25, 0.3) is 11.3 Å². The third-order valence-corrected chi connectivity index (χ3v) is 2.29. The third kappa shape index (κ3) is 0.642. The predicted molar refractivity (Wildman–Crippen MR) is 41.1 cm³/mol. The van der Waals surface area contributed by atoms with Crippen molar-refractivity contribution in [3.8, 4) is 0 Å². The molecule has 1 aromatic heterocycles. The molecule has 4 nitrogen and oxygen atoms in total. The van der Waals surface area contributed by atoms with E-state index in [1.54, 1.807) is 0 Å².